The van der Waals surface area contributed by atoms with Crippen LogP contribution in [0.5, 0.6) is 17.2 Å². The Morgan fingerprint density at radius 3 is 2.53 bits per heavy atom. The van der Waals surface area contributed by atoms with Crippen LogP contribution in [0.25, 0.3) is 6.08 Å². The van der Waals surface area contributed by atoms with Crippen LogP contribution in [0.4, 0.5) is 0 Å². The van der Waals surface area contributed by atoms with Gasteiger partial charge in [0, 0.05) is 11.5 Å². The van der Waals surface area contributed by atoms with Gasteiger partial charge in [-0.2, -0.15) is 0 Å². The molecule has 2 aliphatic heterocycles. The molecule has 0 aromatic heterocycles. The fourth-order valence-electron chi connectivity index (χ4n) is 4.30. The summed E-state index contributed by atoms with van der Waals surface area (Å²) in [6.07, 6.45) is 3.24. The zero-order chi connectivity index (χ0) is 23.2. The van der Waals surface area contributed by atoms with Crippen LogP contribution in [0.1, 0.15) is 67.1 Å². The van der Waals surface area contributed by atoms with Crippen molar-refractivity contribution in [3.63, 3.8) is 0 Å². The smallest absolute Gasteiger partial charge is 0.306 e. The van der Waals surface area contributed by atoms with Gasteiger partial charge in [-0.3, -0.25) is 9.59 Å². The standard InChI is InChI=1S/C26H28O6/c1-14-15(2)31-25-20(18(13-19(27)30-5)16-9-7-6-8-10-16)24-17(11-12-26(3,4)32-24)23(29)21(25)22(14)28/h6-12,14-15,18,29H,13H2,1-5H3. The summed E-state index contributed by atoms with van der Waals surface area (Å²) in [6.45, 7) is 7.42. The lowest BCUT2D eigenvalue weighted by molar-refractivity contribution is -0.140. The molecular weight excluding hydrogens is 408 g/mol. The molecule has 0 spiro atoms. The number of phenols is 1. The molecule has 0 fully saturated rings. The Morgan fingerprint density at radius 1 is 1.19 bits per heavy atom. The first kappa shape index (κ1) is 21.9. The van der Waals surface area contributed by atoms with Gasteiger partial charge in [-0.1, -0.05) is 37.3 Å². The highest BCUT2D eigenvalue weighted by Crippen LogP contribution is 2.54. The fourth-order valence-corrected chi connectivity index (χ4v) is 4.30. The van der Waals surface area contributed by atoms with Crippen LogP contribution in [-0.4, -0.2) is 35.7 Å². The highest BCUT2D eigenvalue weighted by molar-refractivity contribution is 6.06. The molecule has 4 rings (SSSR count). The summed E-state index contributed by atoms with van der Waals surface area (Å²) in [5.74, 6) is -0.963. The zero-order valence-electron chi connectivity index (χ0n) is 19.0. The summed E-state index contributed by atoms with van der Waals surface area (Å²) in [6, 6.07) is 9.51. The first-order valence-corrected chi connectivity index (χ1v) is 10.8. The largest absolute Gasteiger partial charge is 0.506 e. The molecule has 0 aliphatic carbocycles. The maximum Gasteiger partial charge on any atom is 0.306 e. The van der Waals surface area contributed by atoms with E-state index in [2.05, 4.69) is 0 Å². The first-order chi connectivity index (χ1) is 15.1. The molecule has 6 heteroatoms. The summed E-state index contributed by atoms with van der Waals surface area (Å²) < 4.78 is 17.5. The van der Waals surface area contributed by atoms with E-state index in [-0.39, 0.29) is 29.3 Å². The summed E-state index contributed by atoms with van der Waals surface area (Å²) in [4.78, 5) is 25.7. The molecule has 3 atom stereocenters. The minimum atomic E-state index is -0.646. The molecule has 2 aliphatic rings. The maximum absolute atomic E-state index is 13.3. The van der Waals surface area contributed by atoms with Gasteiger partial charge in [0.05, 0.1) is 25.0 Å². The van der Waals surface area contributed by atoms with Crippen LogP contribution in [0, 0.1) is 5.92 Å². The number of carbonyl (C=O) groups excluding carboxylic acids is 2. The molecular formula is C26H28O6. The molecule has 2 aromatic carbocycles. The van der Waals surface area contributed by atoms with E-state index in [0.29, 0.717) is 16.9 Å². The average Bonchev–Trinajstić information content (AvgIpc) is 2.76. The van der Waals surface area contributed by atoms with E-state index in [9.17, 15) is 14.7 Å². The number of phenolic OH excluding ortho intramolecular Hbond substituents is 1. The molecule has 0 radical (unpaired) electrons. The van der Waals surface area contributed by atoms with Crippen LogP contribution >= 0.6 is 0 Å². The van der Waals surface area contributed by atoms with Crippen molar-refractivity contribution in [1.82, 2.24) is 0 Å². The van der Waals surface area contributed by atoms with Crippen LogP contribution in [0.15, 0.2) is 36.4 Å². The van der Waals surface area contributed by atoms with Crippen molar-refractivity contribution >= 4 is 17.8 Å². The SMILES string of the molecule is COC(=O)CC(c1ccccc1)c1c2c(c(O)c3c1OC(C)C(C)C3=O)C=CC(C)(C)O2. The van der Waals surface area contributed by atoms with Gasteiger partial charge in [-0.25, -0.2) is 0 Å². The van der Waals surface area contributed by atoms with E-state index in [1.807, 2.05) is 57.2 Å². The maximum atomic E-state index is 13.3. The van der Waals surface area contributed by atoms with Gasteiger partial charge in [0.25, 0.3) is 0 Å². The number of ketones is 1. The molecule has 0 bridgehead atoms. The summed E-state index contributed by atoms with van der Waals surface area (Å²) >= 11 is 0. The Hall–Kier alpha value is -3.28. The fraction of sp³-hybridized carbons (Fsp3) is 0.385. The third-order valence-corrected chi connectivity index (χ3v) is 6.29. The molecule has 0 saturated carbocycles. The number of benzene rings is 2. The lowest BCUT2D eigenvalue weighted by Crippen LogP contribution is -2.36. The van der Waals surface area contributed by atoms with Crippen molar-refractivity contribution in [2.75, 3.05) is 7.11 Å². The number of methoxy groups -OCH3 is 1. The quantitative estimate of drug-likeness (QED) is 0.689. The van der Waals surface area contributed by atoms with Crippen molar-refractivity contribution in [1.29, 1.82) is 0 Å². The molecule has 2 aromatic rings. The topological polar surface area (TPSA) is 82.1 Å². The van der Waals surface area contributed by atoms with Gasteiger partial charge >= 0.3 is 5.97 Å². The highest BCUT2D eigenvalue weighted by Gasteiger charge is 2.42. The normalized spacial score (nSPS) is 21.6. The predicted octanol–water partition coefficient (Wildman–Crippen LogP) is 4.87. The van der Waals surface area contributed by atoms with Gasteiger partial charge in [-0.15, -0.1) is 0 Å². The third kappa shape index (κ3) is 3.64. The number of hydrogen-bond donors (Lipinski definition) is 1. The predicted molar refractivity (Wildman–Crippen MR) is 120 cm³/mol. The second-order valence-corrected chi connectivity index (χ2v) is 8.97. The first-order valence-electron chi connectivity index (χ1n) is 10.8. The molecule has 0 saturated heterocycles. The van der Waals surface area contributed by atoms with E-state index in [4.69, 9.17) is 14.2 Å². The van der Waals surface area contributed by atoms with E-state index >= 15 is 0 Å². The Labute approximate surface area is 187 Å². The van der Waals surface area contributed by atoms with Crippen LogP contribution in [0.3, 0.4) is 0 Å². The van der Waals surface area contributed by atoms with Crippen LogP contribution in [0.2, 0.25) is 0 Å². The number of rotatable bonds is 4. The van der Waals surface area contributed by atoms with Gasteiger partial charge in [-0.05, 0) is 38.5 Å². The second-order valence-electron chi connectivity index (χ2n) is 8.97. The monoisotopic (exact) mass is 436 g/mol. The molecule has 32 heavy (non-hydrogen) atoms. The van der Waals surface area contributed by atoms with Crippen molar-refractivity contribution < 1.29 is 28.9 Å². The zero-order valence-corrected chi connectivity index (χ0v) is 19.0. The Balaban J connectivity index is 2.06. The van der Waals surface area contributed by atoms with Gasteiger partial charge in [0.15, 0.2) is 5.78 Å². The second kappa shape index (κ2) is 8.01. The van der Waals surface area contributed by atoms with Gasteiger partial charge < -0.3 is 19.3 Å². The molecule has 1 N–H and O–H groups in total. The van der Waals surface area contributed by atoms with Crippen LogP contribution < -0.4 is 9.47 Å². The number of carbonyl (C=O) groups is 2. The van der Waals surface area contributed by atoms with Crippen molar-refractivity contribution in [2.45, 2.75) is 51.7 Å². The summed E-state index contributed by atoms with van der Waals surface area (Å²) in [7, 11) is 1.35. The summed E-state index contributed by atoms with van der Waals surface area (Å²) in [5, 5.41) is 11.1. The molecule has 6 nitrogen and oxygen atoms in total. The third-order valence-electron chi connectivity index (χ3n) is 6.29. The van der Waals surface area contributed by atoms with Crippen LogP contribution in [-0.2, 0) is 9.53 Å². The number of esters is 1. The minimum Gasteiger partial charge on any atom is -0.506 e. The molecule has 2 heterocycles. The highest BCUT2D eigenvalue weighted by atomic mass is 16.5. The Bertz CT molecular complexity index is 1100. The molecule has 0 amide bonds. The number of ether oxygens (including phenoxy) is 3. The lowest BCUT2D eigenvalue weighted by Gasteiger charge is -2.37. The number of fused-ring (bicyclic) bond motifs is 2. The Morgan fingerprint density at radius 2 is 1.88 bits per heavy atom. The Kier molecular flexibility index (Phi) is 5.49. The van der Waals surface area contributed by atoms with Crippen molar-refractivity contribution in [2.24, 2.45) is 5.92 Å². The average molecular weight is 437 g/mol. The number of Topliss-reactive ketones (excluding diaryl/α,β-unsaturated/α-hetero) is 1. The van der Waals surface area contributed by atoms with E-state index < -0.39 is 29.5 Å². The van der Waals surface area contributed by atoms with Crippen molar-refractivity contribution in [3.8, 4) is 17.2 Å². The van der Waals surface area contributed by atoms with E-state index in [1.165, 1.54) is 7.11 Å². The minimum absolute atomic E-state index is 0.0269. The lowest BCUT2D eigenvalue weighted by atomic mass is 9.80. The summed E-state index contributed by atoms with van der Waals surface area (Å²) in [5.41, 5.74) is 1.35. The van der Waals surface area contributed by atoms with Gasteiger partial charge in [0.2, 0.25) is 0 Å². The number of hydrogen-bond acceptors (Lipinski definition) is 6. The van der Waals surface area contributed by atoms with E-state index in [0.717, 1.165) is 5.56 Å². The number of aromatic hydroxyl groups is 1. The van der Waals surface area contributed by atoms with E-state index in [1.54, 1.807) is 13.0 Å². The molecule has 3 unspecified atom stereocenters. The van der Waals surface area contributed by atoms with Crippen molar-refractivity contribution in [3.05, 3.63) is 58.7 Å². The van der Waals surface area contributed by atoms with Gasteiger partial charge in [0.1, 0.15) is 34.5 Å². The molecule has 168 valence electrons.